The van der Waals surface area contributed by atoms with Crippen LogP contribution < -0.4 is 0 Å². The van der Waals surface area contributed by atoms with Gasteiger partial charge in [0, 0.05) is 0 Å². The number of aliphatic carboxylic acids is 1. The maximum absolute atomic E-state index is 12.7. The number of aldehydes is 1. The molecule has 34 heavy (non-hydrogen) atoms. The van der Waals surface area contributed by atoms with Crippen LogP contribution in [-0.4, -0.2) is 39.8 Å². The van der Waals surface area contributed by atoms with Crippen LogP contribution in [0.4, 0.5) is 0 Å². The van der Waals surface area contributed by atoms with E-state index < -0.39 is 29.0 Å². The Morgan fingerprint density at radius 2 is 1.71 bits per heavy atom. The zero-order valence-electron chi connectivity index (χ0n) is 21.6. The molecule has 3 N–H and O–H groups in total. The Hall–Kier alpha value is -1.20. The molecule has 190 valence electrons. The molecule has 0 aliphatic heterocycles. The highest BCUT2D eigenvalue weighted by Gasteiger charge is 2.71. The summed E-state index contributed by atoms with van der Waals surface area (Å²) in [5.41, 5.74) is -0.908. The fraction of sp³-hybridized carbons (Fsp3) is 0.862. The van der Waals surface area contributed by atoms with E-state index in [9.17, 15) is 24.9 Å². The number of carboxylic acid groups (broad SMARTS) is 1. The molecule has 5 heteroatoms. The molecule has 4 fully saturated rings. The predicted octanol–water partition coefficient (Wildman–Crippen LogP) is 4.99. The zero-order valence-corrected chi connectivity index (χ0v) is 21.6. The van der Waals surface area contributed by atoms with E-state index in [4.69, 9.17) is 0 Å². The number of carboxylic acids is 1. The van der Waals surface area contributed by atoms with Gasteiger partial charge in [0.1, 0.15) is 11.7 Å². The van der Waals surface area contributed by atoms with E-state index in [0.717, 1.165) is 44.8 Å². The molecule has 5 aliphatic rings. The van der Waals surface area contributed by atoms with Gasteiger partial charge >= 0.3 is 5.97 Å². The van der Waals surface area contributed by atoms with Crippen molar-refractivity contribution in [2.24, 2.45) is 50.7 Å². The first kappa shape index (κ1) is 24.5. The van der Waals surface area contributed by atoms with E-state index >= 15 is 0 Å². The van der Waals surface area contributed by atoms with Gasteiger partial charge in [-0.25, -0.2) is 0 Å². The van der Waals surface area contributed by atoms with Gasteiger partial charge in [0.25, 0.3) is 0 Å². The van der Waals surface area contributed by atoms with Crippen LogP contribution in [0.2, 0.25) is 0 Å². The third kappa shape index (κ3) is 2.69. The molecule has 11 atom stereocenters. The second kappa shape index (κ2) is 7.41. The van der Waals surface area contributed by atoms with Gasteiger partial charge in [0.2, 0.25) is 0 Å². The van der Waals surface area contributed by atoms with Crippen LogP contribution in [0.1, 0.15) is 92.4 Å². The monoisotopic (exact) mass is 472 g/mol. The van der Waals surface area contributed by atoms with Crippen molar-refractivity contribution in [3.05, 3.63) is 11.6 Å². The summed E-state index contributed by atoms with van der Waals surface area (Å²) < 4.78 is 0. The quantitative estimate of drug-likeness (QED) is 0.389. The molecule has 5 rings (SSSR count). The van der Waals surface area contributed by atoms with E-state index in [-0.39, 0.29) is 28.1 Å². The SMILES string of the molecule is C[C@@H]1CC[C@]2(C(=O)O)C(O)C[C@]3(C)C(=CCC4C5(C)CC[C@H](O)[C@](C)(C=O)[C@@H]5CC[C@@]43C)C2C1. The molecular weight excluding hydrogens is 428 g/mol. The fourth-order valence-corrected chi connectivity index (χ4v) is 10.5. The van der Waals surface area contributed by atoms with Crippen LogP contribution in [0.25, 0.3) is 0 Å². The minimum absolute atomic E-state index is 0.0704. The number of allylic oxidation sites excluding steroid dienone is 2. The van der Waals surface area contributed by atoms with Gasteiger partial charge in [-0.3, -0.25) is 4.79 Å². The molecule has 4 unspecified atom stereocenters. The van der Waals surface area contributed by atoms with Gasteiger partial charge in [-0.05, 0) is 97.7 Å². The van der Waals surface area contributed by atoms with E-state index in [0.29, 0.717) is 31.1 Å². The number of aliphatic hydroxyl groups is 2. The third-order valence-corrected chi connectivity index (χ3v) is 12.7. The van der Waals surface area contributed by atoms with Crippen LogP contribution in [0.3, 0.4) is 0 Å². The predicted molar refractivity (Wildman–Crippen MR) is 130 cm³/mol. The maximum atomic E-state index is 12.7. The number of carbonyl (C=O) groups is 2. The largest absolute Gasteiger partial charge is 0.481 e. The molecule has 5 nitrogen and oxygen atoms in total. The van der Waals surface area contributed by atoms with Crippen LogP contribution in [0.15, 0.2) is 11.6 Å². The second-order valence-corrected chi connectivity index (χ2v) is 13.8. The summed E-state index contributed by atoms with van der Waals surface area (Å²) in [5.74, 6) is -0.00565. The first-order valence-corrected chi connectivity index (χ1v) is 13.6. The van der Waals surface area contributed by atoms with Crippen molar-refractivity contribution in [2.75, 3.05) is 0 Å². The number of aliphatic hydroxyl groups excluding tert-OH is 2. The van der Waals surface area contributed by atoms with Gasteiger partial charge in [0.05, 0.1) is 17.6 Å². The Labute approximate surface area is 204 Å². The number of carbonyl (C=O) groups excluding carboxylic acids is 1. The van der Waals surface area contributed by atoms with E-state index in [1.54, 1.807) is 0 Å². The normalized spacial score (nSPS) is 56.7. The maximum Gasteiger partial charge on any atom is 0.312 e. The van der Waals surface area contributed by atoms with Crippen LogP contribution in [0, 0.1) is 50.7 Å². The van der Waals surface area contributed by atoms with Gasteiger partial charge in [0.15, 0.2) is 0 Å². The number of hydrogen-bond acceptors (Lipinski definition) is 4. The lowest BCUT2D eigenvalue weighted by molar-refractivity contribution is -0.215. The van der Waals surface area contributed by atoms with E-state index in [1.807, 2.05) is 6.92 Å². The Morgan fingerprint density at radius 1 is 1.00 bits per heavy atom. The summed E-state index contributed by atoms with van der Waals surface area (Å²) in [6.07, 6.45) is 8.98. The highest BCUT2D eigenvalue weighted by atomic mass is 16.4. The average Bonchev–Trinajstić information content (AvgIpc) is 2.77. The average molecular weight is 473 g/mol. The first-order valence-electron chi connectivity index (χ1n) is 13.6. The number of hydrogen-bond donors (Lipinski definition) is 3. The minimum Gasteiger partial charge on any atom is -0.481 e. The molecule has 0 amide bonds. The van der Waals surface area contributed by atoms with Crippen molar-refractivity contribution < 1.29 is 24.9 Å². The van der Waals surface area contributed by atoms with Crippen LogP contribution >= 0.6 is 0 Å². The van der Waals surface area contributed by atoms with Crippen molar-refractivity contribution >= 4 is 12.3 Å². The Balaban J connectivity index is 1.62. The summed E-state index contributed by atoms with van der Waals surface area (Å²) in [6.45, 7) is 11.2. The molecule has 0 aromatic rings. The molecule has 0 aromatic heterocycles. The van der Waals surface area contributed by atoms with Crippen molar-refractivity contribution in [2.45, 2.75) is 105 Å². The van der Waals surface area contributed by atoms with Gasteiger partial charge in [-0.15, -0.1) is 0 Å². The van der Waals surface area contributed by atoms with Crippen LogP contribution in [-0.2, 0) is 9.59 Å². The highest BCUT2D eigenvalue weighted by molar-refractivity contribution is 5.77. The first-order chi connectivity index (χ1) is 15.8. The molecule has 0 aromatic carbocycles. The lowest BCUT2D eigenvalue weighted by Crippen LogP contribution is -2.67. The molecule has 0 saturated heterocycles. The van der Waals surface area contributed by atoms with E-state index in [1.165, 1.54) is 5.57 Å². The molecule has 0 radical (unpaired) electrons. The number of fused-ring (bicyclic) bond motifs is 7. The van der Waals surface area contributed by atoms with Crippen LogP contribution in [0.5, 0.6) is 0 Å². The third-order valence-electron chi connectivity index (χ3n) is 12.7. The van der Waals surface area contributed by atoms with E-state index in [2.05, 4.69) is 33.8 Å². The Morgan fingerprint density at radius 3 is 2.35 bits per heavy atom. The molecule has 0 heterocycles. The van der Waals surface area contributed by atoms with Crippen molar-refractivity contribution in [3.8, 4) is 0 Å². The molecule has 5 aliphatic carbocycles. The molecule has 0 bridgehead atoms. The molecular formula is C29H44O5. The van der Waals surface area contributed by atoms with Crippen molar-refractivity contribution in [1.29, 1.82) is 0 Å². The summed E-state index contributed by atoms with van der Waals surface area (Å²) >= 11 is 0. The zero-order chi connectivity index (χ0) is 24.9. The Kier molecular flexibility index (Phi) is 5.34. The van der Waals surface area contributed by atoms with Gasteiger partial charge < -0.3 is 20.1 Å². The van der Waals surface area contributed by atoms with Gasteiger partial charge in [-0.1, -0.05) is 46.3 Å². The lowest BCUT2D eigenvalue weighted by atomic mass is 9.33. The molecule has 4 saturated carbocycles. The van der Waals surface area contributed by atoms with Gasteiger partial charge in [-0.2, -0.15) is 0 Å². The number of rotatable bonds is 2. The highest BCUT2D eigenvalue weighted by Crippen LogP contribution is 2.75. The second-order valence-electron chi connectivity index (χ2n) is 13.8. The lowest BCUT2D eigenvalue weighted by Gasteiger charge is -2.71. The topological polar surface area (TPSA) is 94.8 Å². The standard InChI is InChI=1S/C29H44O5/c1-17-8-13-29(24(33)34)19(14-17)18-6-7-21-25(2)11-10-22(31)26(3,16-30)20(25)9-12-27(21,4)28(18,5)15-23(29)32/h6,16-17,19-23,31-32H,7-15H2,1-5H3,(H,33,34)/t17-,19?,20-,21?,22+,23?,25?,26-,27+,28-,29-/m1/s1. The molecule has 0 spiro atoms. The van der Waals surface area contributed by atoms with Crippen molar-refractivity contribution in [1.82, 2.24) is 0 Å². The smallest absolute Gasteiger partial charge is 0.312 e. The summed E-state index contributed by atoms with van der Waals surface area (Å²) in [5, 5.41) is 32.8. The fourth-order valence-electron chi connectivity index (χ4n) is 10.5. The van der Waals surface area contributed by atoms with Crippen molar-refractivity contribution in [3.63, 3.8) is 0 Å². The summed E-state index contributed by atoms with van der Waals surface area (Å²) in [4.78, 5) is 25.0. The minimum atomic E-state index is -1.06. The summed E-state index contributed by atoms with van der Waals surface area (Å²) in [6, 6.07) is 0. The Bertz CT molecular complexity index is 927. The summed E-state index contributed by atoms with van der Waals surface area (Å²) in [7, 11) is 0.